The molecule has 6 heteroatoms. The fraction of sp³-hybridized carbons (Fsp3) is 0.800. The molecule has 0 atom stereocenters. The first-order chi connectivity index (χ1) is 9.92. The molecule has 21 heavy (non-hydrogen) atoms. The first kappa shape index (κ1) is 15.8. The Hall–Kier alpha value is -1.59. The zero-order valence-corrected chi connectivity index (χ0v) is 12.6. The van der Waals surface area contributed by atoms with Crippen molar-refractivity contribution < 1.29 is 19.5 Å². The quantitative estimate of drug-likeness (QED) is 0.842. The Morgan fingerprint density at radius 3 is 1.95 bits per heavy atom. The minimum atomic E-state index is -0.814. The number of piperazine rings is 1. The molecule has 0 radical (unpaired) electrons. The molecule has 0 unspecified atom stereocenters. The molecule has 1 N–H and O–H groups in total. The van der Waals surface area contributed by atoms with E-state index >= 15 is 0 Å². The molecule has 1 aliphatic carbocycles. The first-order valence-electron chi connectivity index (χ1n) is 7.67. The van der Waals surface area contributed by atoms with Crippen LogP contribution < -0.4 is 0 Å². The van der Waals surface area contributed by atoms with Gasteiger partial charge in [0, 0.05) is 39.5 Å². The van der Waals surface area contributed by atoms with Gasteiger partial charge >= 0.3 is 5.97 Å². The molecular weight excluding hydrogens is 272 g/mol. The van der Waals surface area contributed by atoms with E-state index in [-0.39, 0.29) is 23.7 Å². The SMILES string of the molecule is CC(=O)N1CCN(C(=O)CC2(CC(=O)O)CCCC2)CC1. The predicted molar refractivity (Wildman–Crippen MR) is 76.6 cm³/mol. The maximum atomic E-state index is 12.4. The third kappa shape index (κ3) is 3.95. The van der Waals surface area contributed by atoms with Gasteiger partial charge in [-0.15, -0.1) is 0 Å². The van der Waals surface area contributed by atoms with Gasteiger partial charge in [-0.05, 0) is 18.3 Å². The highest BCUT2D eigenvalue weighted by atomic mass is 16.4. The smallest absolute Gasteiger partial charge is 0.303 e. The zero-order chi connectivity index (χ0) is 15.5. The Kier molecular flexibility index (Phi) is 4.85. The van der Waals surface area contributed by atoms with Crippen molar-refractivity contribution in [2.45, 2.75) is 45.4 Å². The second-order valence-electron chi connectivity index (χ2n) is 6.34. The van der Waals surface area contributed by atoms with Crippen molar-refractivity contribution in [3.8, 4) is 0 Å². The molecule has 0 aromatic carbocycles. The van der Waals surface area contributed by atoms with E-state index in [1.165, 1.54) is 6.92 Å². The molecular formula is C15H24N2O4. The summed E-state index contributed by atoms with van der Waals surface area (Å²) in [6.07, 6.45) is 4.11. The highest BCUT2D eigenvalue weighted by molar-refractivity contribution is 5.79. The minimum absolute atomic E-state index is 0.0419. The zero-order valence-electron chi connectivity index (χ0n) is 12.6. The van der Waals surface area contributed by atoms with Crippen LogP contribution in [-0.2, 0) is 14.4 Å². The average molecular weight is 296 g/mol. The number of rotatable bonds is 4. The third-order valence-corrected chi connectivity index (χ3v) is 4.79. The molecule has 1 saturated carbocycles. The molecule has 6 nitrogen and oxygen atoms in total. The van der Waals surface area contributed by atoms with Gasteiger partial charge in [0.1, 0.15) is 0 Å². The summed E-state index contributed by atoms with van der Waals surface area (Å²) >= 11 is 0. The van der Waals surface area contributed by atoms with Crippen LogP contribution in [0.3, 0.4) is 0 Å². The van der Waals surface area contributed by atoms with Gasteiger partial charge < -0.3 is 14.9 Å². The molecule has 2 fully saturated rings. The van der Waals surface area contributed by atoms with Crippen LogP contribution in [0.2, 0.25) is 0 Å². The second kappa shape index (κ2) is 6.45. The minimum Gasteiger partial charge on any atom is -0.481 e. The summed E-state index contributed by atoms with van der Waals surface area (Å²) in [6.45, 7) is 3.81. The highest BCUT2D eigenvalue weighted by Crippen LogP contribution is 2.44. The second-order valence-corrected chi connectivity index (χ2v) is 6.34. The van der Waals surface area contributed by atoms with Crippen molar-refractivity contribution in [1.82, 2.24) is 9.80 Å². The lowest BCUT2D eigenvalue weighted by Crippen LogP contribution is -2.50. The highest BCUT2D eigenvalue weighted by Gasteiger charge is 2.39. The van der Waals surface area contributed by atoms with Gasteiger partial charge in [-0.2, -0.15) is 0 Å². The van der Waals surface area contributed by atoms with E-state index < -0.39 is 5.97 Å². The van der Waals surface area contributed by atoms with Crippen molar-refractivity contribution in [1.29, 1.82) is 0 Å². The molecule has 0 aromatic heterocycles. The van der Waals surface area contributed by atoms with E-state index in [4.69, 9.17) is 5.11 Å². The van der Waals surface area contributed by atoms with Crippen LogP contribution in [0.4, 0.5) is 0 Å². The monoisotopic (exact) mass is 296 g/mol. The number of carbonyl (C=O) groups is 3. The maximum Gasteiger partial charge on any atom is 0.303 e. The number of carbonyl (C=O) groups excluding carboxylic acids is 2. The van der Waals surface area contributed by atoms with E-state index in [9.17, 15) is 14.4 Å². The largest absolute Gasteiger partial charge is 0.481 e. The van der Waals surface area contributed by atoms with Crippen LogP contribution in [0.25, 0.3) is 0 Å². The summed E-state index contributed by atoms with van der Waals surface area (Å²) in [7, 11) is 0. The van der Waals surface area contributed by atoms with Gasteiger partial charge in [0.25, 0.3) is 0 Å². The number of amides is 2. The van der Waals surface area contributed by atoms with Crippen molar-refractivity contribution in [3.63, 3.8) is 0 Å². The van der Waals surface area contributed by atoms with Crippen LogP contribution in [0.15, 0.2) is 0 Å². The van der Waals surface area contributed by atoms with Crippen LogP contribution in [0.5, 0.6) is 0 Å². The number of aliphatic carboxylic acids is 1. The first-order valence-corrected chi connectivity index (χ1v) is 7.67. The summed E-state index contributed by atoms with van der Waals surface area (Å²) in [5.41, 5.74) is -0.347. The topological polar surface area (TPSA) is 77.9 Å². The van der Waals surface area contributed by atoms with E-state index in [0.717, 1.165) is 25.7 Å². The summed E-state index contributed by atoms with van der Waals surface area (Å²) in [6, 6.07) is 0. The fourth-order valence-electron chi connectivity index (χ4n) is 3.57. The summed E-state index contributed by atoms with van der Waals surface area (Å²) < 4.78 is 0. The molecule has 1 heterocycles. The summed E-state index contributed by atoms with van der Waals surface area (Å²) in [5, 5.41) is 9.09. The maximum absolute atomic E-state index is 12.4. The standard InChI is InChI=1S/C15H24N2O4/c1-12(18)16-6-8-17(9-7-16)13(19)10-15(11-14(20)21)4-2-3-5-15/h2-11H2,1H3,(H,20,21). The average Bonchev–Trinajstić information content (AvgIpc) is 2.86. The van der Waals surface area contributed by atoms with Gasteiger partial charge in [-0.1, -0.05) is 12.8 Å². The number of hydrogen-bond donors (Lipinski definition) is 1. The van der Waals surface area contributed by atoms with Crippen LogP contribution in [0, 0.1) is 5.41 Å². The van der Waals surface area contributed by atoms with E-state index in [1.54, 1.807) is 9.80 Å². The molecule has 1 aliphatic heterocycles. The molecule has 0 aromatic rings. The normalized spacial score (nSPS) is 21.4. The van der Waals surface area contributed by atoms with E-state index in [0.29, 0.717) is 32.6 Å². The Balaban J connectivity index is 1.91. The number of carboxylic acid groups (broad SMARTS) is 1. The Morgan fingerprint density at radius 2 is 1.48 bits per heavy atom. The Bertz CT molecular complexity index is 421. The third-order valence-electron chi connectivity index (χ3n) is 4.79. The number of nitrogens with zero attached hydrogens (tertiary/aromatic N) is 2. The van der Waals surface area contributed by atoms with E-state index in [1.807, 2.05) is 0 Å². The van der Waals surface area contributed by atoms with Crippen molar-refractivity contribution in [3.05, 3.63) is 0 Å². The predicted octanol–water partition coefficient (Wildman–Crippen LogP) is 1.10. The van der Waals surface area contributed by atoms with Crippen molar-refractivity contribution in [2.75, 3.05) is 26.2 Å². The number of carboxylic acids is 1. The molecule has 2 amide bonds. The van der Waals surface area contributed by atoms with Crippen molar-refractivity contribution in [2.24, 2.45) is 5.41 Å². The lowest BCUT2D eigenvalue weighted by Gasteiger charge is -2.36. The Morgan fingerprint density at radius 1 is 0.952 bits per heavy atom. The van der Waals surface area contributed by atoms with E-state index in [2.05, 4.69) is 0 Å². The molecule has 0 spiro atoms. The Labute approximate surface area is 125 Å². The van der Waals surface area contributed by atoms with Crippen LogP contribution >= 0.6 is 0 Å². The molecule has 0 bridgehead atoms. The summed E-state index contributed by atoms with van der Waals surface area (Å²) in [4.78, 5) is 38.3. The van der Waals surface area contributed by atoms with Crippen molar-refractivity contribution >= 4 is 17.8 Å². The van der Waals surface area contributed by atoms with Gasteiger partial charge in [0.2, 0.25) is 11.8 Å². The van der Waals surface area contributed by atoms with Gasteiger partial charge in [0.15, 0.2) is 0 Å². The fourth-order valence-corrected chi connectivity index (χ4v) is 3.57. The lowest BCUT2D eigenvalue weighted by molar-refractivity contribution is -0.143. The number of hydrogen-bond acceptors (Lipinski definition) is 3. The van der Waals surface area contributed by atoms with Gasteiger partial charge in [-0.3, -0.25) is 14.4 Å². The van der Waals surface area contributed by atoms with Crippen LogP contribution in [0.1, 0.15) is 45.4 Å². The lowest BCUT2D eigenvalue weighted by atomic mass is 9.79. The van der Waals surface area contributed by atoms with Gasteiger partial charge in [0.05, 0.1) is 6.42 Å². The van der Waals surface area contributed by atoms with Crippen LogP contribution in [-0.4, -0.2) is 58.9 Å². The van der Waals surface area contributed by atoms with Gasteiger partial charge in [-0.25, -0.2) is 0 Å². The molecule has 1 saturated heterocycles. The molecule has 2 aliphatic rings. The molecule has 118 valence electrons. The molecule has 2 rings (SSSR count). The summed E-state index contributed by atoms with van der Waals surface area (Å²) in [5.74, 6) is -0.729.